The molecule has 0 fully saturated rings. The maximum absolute atomic E-state index is 13.0. The van der Waals surface area contributed by atoms with Gasteiger partial charge in [0, 0.05) is 12.7 Å². The van der Waals surface area contributed by atoms with Crippen LogP contribution < -0.4 is 5.32 Å². The van der Waals surface area contributed by atoms with E-state index in [0.29, 0.717) is 22.5 Å². The maximum atomic E-state index is 13.0. The van der Waals surface area contributed by atoms with E-state index in [9.17, 15) is 4.79 Å². The summed E-state index contributed by atoms with van der Waals surface area (Å²) < 4.78 is 1.69. The van der Waals surface area contributed by atoms with Crippen LogP contribution in [-0.2, 0) is 7.05 Å². The van der Waals surface area contributed by atoms with Crippen molar-refractivity contribution in [2.24, 2.45) is 7.05 Å². The number of nitrogens with one attached hydrogen (secondary N) is 1. The van der Waals surface area contributed by atoms with Crippen LogP contribution in [0.25, 0.3) is 21.6 Å². The molecule has 0 unspecified atom stereocenters. The fraction of sp³-hybridized carbons (Fsp3) is 0.100. The second-order valence-corrected chi connectivity index (χ2v) is 7.03. The Balaban J connectivity index is 1.81. The number of nitriles is 1. The Kier molecular flexibility index (Phi) is 4.18. The highest BCUT2D eigenvalue weighted by Gasteiger charge is 2.19. The average molecular weight is 373 g/mol. The van der Waals surface area contributed by atoms with Gasteiger partial charge in [-0.3, -0.25) is 9.48 Å². The van der Waals surface area contributed by atoms with Crippen LogP contribution in [0.4, 0.5) is 5.69 Å². The van der Waals surface area contributed by atoms with Gasteiger partial charge >= 0.3 is 0 Å². The van der Waals surface area contributed by atoms with E-state index in [2.05, 4.69) is 16.5 Å². The van der Waals surface area contributed by atoms with Gasteiger partial charge in [-0.15, -0.1) is 11.3 Å². The lowest BCUT2D eigenvalue weighted by Gasteiger charge is -2.09. The summed E-state index contributed by atoms with van der Waals surface area (Å²) in [6.07, 6.45) is 0. The van der Waals surface area contributed by atoms with Gasteiger partial charge in [-0.1, -0.05) is 6.07 Å². The zero-order chi connectivity index (χ0) is 19.0. The van der Waals surface area contributed by atoms with Crippen LogP contribution in [0.3, 0.4) is 0 Å². The summed E-state index contributed by atoms with van der Waals surface area (Å²) in [6, 6.07) is 14.6. The molecule has 4 rings (SSSR count). The van der Waals surface area contributed by atoms with Crippen molar-refractivity contribution in [2.45, 2.75) is 6.92 Å². The minimum absolute atomic E-state index is 0.235. The third-order valence-electron chi connectivity index (χ3n) is 4.26. The van der Waals surface area contributed by atoms with E-state index in [1.54, 1.807) is 40.3 Å². The van der Waals surface area contributed by atoms with Gasteiger partial charge in [0.1, 0.15) is 0 Å². The number of carbonyl (C=O) groups excluding carboxylic acids is 1. The number of aryl methyl sites for hydroxylation is 2. The number of hydrogen-bond acceptors (Lipinski definition) is 5. The highest BCUT2D eigenvalue weighted by Crippen LogP contribution is 2.29. The first-order valence-electron chi connectivity index (χ1n) is 8.26. The van der Waals surface area contributed by atoms with Gasteiger partial charge in [0.05, 0.1) is 38.8 Å². The Morgan fingerprint density at radius 1 is 1.26 bits per heavy atom. The van der Waals surface area contributed by atoms with Crippen molar-refractivity contribution in [1.82, 2.24) is 14.8 Å². The van der Waals surface area contributed by atoms with E-state index in [1.807, 2.05) is 37.6 Å². The summed E-state index contributed by atoms with van der Waals surface area (Å²) in [5, 5.41) is 19.0. The number of benzene rings is 1. The molecule has 0 spiro atoms. The van der Waals surface area contributed by atoms with Gasteiger partial charge < -0.3 is 5.32 Å². The normalized spacial score (nSPS) is 10.7. The van der Waals surface area contributed by atoms with Gasteiger partial charge in [-0.2, -0.15) is 10.4 Å². The SMILES string of the molecule is Cc1nn(C)c2nc(-c3cccs3)cc(C(=O)Nc3ccc(C#N)cc3)c12. The summed E-state index contributed by atoms with van der Waals surface area (Å²) in [7, 11) is 1.82. The number of rotatable bonds is 3. The highest BCUT2D eigenvalue weighted by molar-refractivity contribution is 7.13. The molecular weight excluding hydrogens is 358 g/mol. The quantitative estimate of drug-likeness (QED) is 0.585. The molecule has 0 saturated heterocycles. The largest absolute Gasteiger partial charge is 0.322 e. The van der Waals surface area contributed by atoms with Crippen molar-refractivity contribution >= 4 is 34.0 Å². The smallest absolute Gasteiger partial charge is 0.256 e. The highest BCUT2D eigenvalue weighted by atomic mass is 32.1. The predicted octanol–water partition coefficient (Wildman–Crippen LogP) is 4.13. The molecule has 6 nitrogen and oxygen atoms in total. The lowest BCUT2D eigenvalue weighted by Crippen LogP contribution is -2.13. The minimum atomic E-state index is -0.235. The molecule has 1 amide bonds. The molecule has 132 valence electrons. The fourth-order valence-electron chi connectivity index (χ4n) is 3.00. The number of fused-ring (bicyclic) bond motifs is 1. The van der Waals surface area contributed by atoms with Crippen LogP contribution in [-0.4, -0.2) is 20.7 Å². The second kappa shape index (κ2) is 6.67. The van der Waals surface area contributed by atoms with Crippen molar-refractivity contribution in [3.8, 4) is 16.6 Å². The van der Waals surface area contributed by atoms with E-state index in [0.717, 1.165) is 21.7 Å². The number of hydrogen-bond donors (Lipinski definition) is 1. The van der Waals surface area contributed by atoms with E-state index in [4.69, 9.17) is 10.2 Å². The molecule has 0 aliphatic carbocycles. The average Bonchev–Trinajstić information content (AvgIpc) is 3.30. The number of pyridine rings is 1. The first-order chi connectivity index (χ1) is 13.1. The number of aromatic nitrogens is 3. The topological polar surface area (TPSA) is 83.6 Å². The Bertz CT molecular complexity index is 1180. The number of carbonyl (C=O) groups is 1. The summed E-state index contributed by atoms with van der Waals surface area (Å²) >= 11 is 1.57. The van der Waals surface area contributed by atoms with Crippen LogP contribution >= 0.6 is 11.3 Å². The molecular formula is C20H15N5OS. The summed E-state index contributed by atoms with van der Waals surface area (Å²) in [6.45, 7) is 1.87. The Morgan fingerprint density at radius 2 is 2.04 bits per heavy atom. The van der Waals surface area contributed by atoms with Gasteiger partial charge in [0.25, 0.3) is 5.91 Å². The molecule has 0 bridgehead atoms. The van der Waals surface area contributed by atoms with Crippen molar-refractivity contribution in [1.29, 1.82) is 5.26 Å². The molecule has 1 N–H and O–H groups in total. The van der Waals surface area contributed by atoms with Crippen molar-refractivity contribution in [3.63, 3.8) is 0 Å². The van der Waals surface area contributed by atoms with E-state index in [-0.39, 0.29) is 5.91 Å². The number of amides is 1. The zero-order valence-electron chi connectivity index (χ0n) is 14.7. The molecule has 1 aromatic carbocycles. The second-order valence-electron chi connectivity index (χ2n) is 6.08. The molecule has 3 aromatic heterocycles. The Morgan fingerprint density at radius 3 is 2.70 bits per heavy atom. The van der Waals surface area contributed by atoms with Gasteiger partial charge in [-0.25, -0.2) is 4.98 Å². The van der Waals surface area contributed by atoms with Crippen molar-refractivity contribution < 1.29 is 4.79 Å². The van der Waals surface area contributed by atoms with E-state index in [1.165, 1.54) is 0 Å². The number of nitrogens with zero attached hydrogens (tertiary/aromatic N) is 4. The summed E-state index contributed by atoms with van der Waals surface area (Å²) in [5.74, 6) is -0.235. The van der Waals surface area contributed by atoms with Crippen LogP contribution in [0.15, 0.2) is 47.8 Å². The Hall–Kier alpha value is -3.50. The van der Waals surface area contributed by atoms with Crippen LogP contribution in [0.5, 0.6) is 0 Å². The molecule has 0 radical (unpaired) electrons. The van der Waals surface area contributed by atoms with Crippen molar-refractivity contribution in [2.75, 3.05) is 5.32 Å². The Labute approximate surface area is 159 Å². The third kappa shape index (κ3) is 3.07. The molecule has 7 heteroatoms. The van der Waals surface area contributed by atoms with Crippen LogP contribution in [0.1, 0.15) is 21.6 Å². The standard InChI is InChI=1S/C20H15N5OS/c1-12-18-15(20(26)22-14-7-5-13(11-21)6-8-14)10-16(17-4-3-9-27-17)23-19(18)25(2)24-12/h3-10H,1-2H3,(H,22,26). The van der Waals surface area contributed by atoms with Crippen LogP contribution in [0.2, 0.25) is 0 Å². The van der Waals surface area contributed by atoms with Gasteiger partial charge in [0.15, 0.2) is 5.65 Å². The summed E-state index contributed by atoms with van der Waals surface area (Å²) in [4.78, 5) is 18.7. The first kappa shape index (κ1) is 16.9. The lowest BCUT2D eigenvalue weighted by atomic mass is 10.1. The van der Waals surface area contributed by atoms with E-state index < -0.39 is 0 Å². The maximum Gasteiger partial charge on any atom is 0.256 e. The lowest BCUT2D eigenvalue weighted by molar-refractivity contribution is 0.102. The molecule has 0 saturated carbocycles. The van der Waals surface area contributed by atoms with E-state index >= 15 is 0 Å². The zero-order valence-corrected chi connectivity index (χ0v) is 15.5. The summed E-state index contributed by atoms with van der Waals surface area (Å²) in [5.41, 5.74) is 3.86. The number of anilines is 1. The monoisotopic (exact) mass is 373 g/mol. The first-order valence-corrected chi connectivity index (χ1v) is 9.14. The molecule has 4 aromatic rings. The van der Waals surface area contributed by atoms with Crippen molar-refractivity contribution in [3.05, 3.63) is 64.7 Å². The molecule has 3 heterocycles. The third-order valence-corrected chi connectivity index (χ3v) is 5.15. The van der Waals surface area contributed by atoms with Gasteiger partial charge in [-0.05, 0) is 48.7 Å². The van der Waals surface area contributed by atoms with Gasteiger partial charge in [0.2, 0.25) is 0 Å². The molecule has 0 aliphatic heterocycles. The fourth-order valence-corrected chi connectivity index (χ4v) is 3.69. The molecule has 0 aliphatic rings. The van der Waals surface area contributed by atoms with Crippen LogP contribution in [0, 0.1) is 18.3 Å². The molecule has 27 heavy (non-hydrogen) atoms. The molecule has 0 atom stereocenters. The minimum Gasteiger partial charge on any atom is -0.322 e. The predicted molar refractivity (Wildman–Crippen MR) is 106 cm³/mol. The number of thiophene rings is 1.